The zero-order chi connectivity index (χ0) is 20.7. The molecule has 2 aromatic carbocycles. The summed E-state index contributed by atoms with van der Waals surface area (Å²) in [6, 6.07) is 12.7. The van der Waals surface area contributed by atoms with Crippen LogP contribution in [0.4, 0.5) is 5.95 Å². The van der Waals surface area contributed by atoms with E-state index in [9.17, 15) is 9.59 Å². The van der Waals surface area contributed by atoms with Crippen LogP contribution in [0.1, 0.15) is 5.56 Å². The quantitative estimate of drug-likeness (QED) is 0.474. The van der Waals surface area contributed by atoms with Gasteiger partial charge in [0, 0.05) is 23.3 Å². The summed E-state index contributed by atoms with van der Waals surface area (Å²) in [5.74, 6) is 1.35. The lowest BCUT2D eigenvalue weighted by Crippen LogP contribution is -2.34. The third kappa shape index (κ3) is 3.30. The SMILES string of the molecule is O=c1[nH]c2nc(NCc3ccc(Br)cc3)ncc2c(=O)n1-c1ccc2c(c1)OCO2. The Labute approximate surface area is 177 Å². The number of fused-ring (bicyclic) bond motifs is 2. The molecule has 0 radical (unpaired) electrons. The van der Waals surface area contributed by atoms with E-state index in [1.165, 1.54) is 6.20 Å². The van der Waals surface area contributed by atoms with Gasteiger partial charge in [0.1, 0.15) is 5.39 Å². The van der Waals surface area contributed by atoms with Crippen LogP contribution in [0.15, 0.2) is 62.7 Å². The molecule has 150 valence electrons. The van der Waals surface area contributed by atoms with E-state index < -0.39 is 11.2 Å². The molecule has 0 fully saturated rings. The van der Waals surface area contributed by atoms with Gasteiger partial charge in [-0.05, 0) is 29.8 Å². The van der Waals surface area contributed by atoms with Crippen LogP contribution >= 0.6 is 15.9 Å². The zero-order valence-electron chi connectivity index (χ0n) is 15.4. The fourth-order valence-corrected chi connectivity index (χ4v) is 3.40. The fraction of sp³-hybridized carbons (Fsp3) is 0.100. The van der Waals surface area contributed by atoms with Crippen LogP contribution in [0.25, 0.3) is 16.7 Å². The van der Waals surface area contributed by atoms with Gasteiger partial charge in [0.15, 0.2) is 17.1 Å². The number of nitrogens with zero attached hydrogens (tertiary/aromatic N) is 3. The molecule has 0 saturated heterocycles. The Morgan fingerprint density at radius 3 is 2.73 bits per heavy atom. The van der Waals surface area contributed by atoms with Crippen LogP contribution < -0.4 is 26.0 Å². The second-order valence-corrected chi connectivity index (χ2v) is 7.46. The molecule has 0 atom stereocenters. The number of halogens is 1. The molecule has 3 heterocycles. The Kier molecular flexibility index (Phi) is 4.47. The Morgan fingerprint density at radius 1 is 1.10 bits per heavy atom. The summed E-state index contributed by atoms with van der Waals surface area (Å²) < 4.78 is 12.6. The van der Waals surface area contributed by atoms with Gasteiger partial charge in [-0.15, -0.1) is 0 Å². The maximum atomic E-state index is 12.9. The molecule has 10 heteroatoms. The van der Waals surface area contributed by atoms with Crippen molar-refractivity contribution in [2.75, 3.05) is 12.1 Å². The number of H-pyrrole nitrogens is 1. The second kappa shape index (κ2) is 7.30. The van der Waals surface area contributed by atoms with Crippen LogP contribution in [-0.4, -0.2) is 26.3 Å². The van der Waals surface area contributed by atoms with Gasteiger partial charge in [0.05, 0.1) is 5.69 Å². The van der Waals surface area contributed by atoms with Crippen LogP contribution in [-0.2, 0) is 6.54 Å². The lowest BCUT2D eigenvalue weighted by Gasteiger charge is -2.08. The molecule has 9 nitrogen and oxygen atoms in total. The van der Waals surface area contributed by atoms with E-state index in [0.717, 1.165) is 14.6 Å². The summed E-state index contributed by atoms with van der Waals surface area (Å²) >= 11 is 3.40. The number of hydrogen-bond acceptors (Lipinski definition) is 7. The van der Waals surface area contributed by atoms with Gasteiger partial charge in [-0.2, -0.15) is 4.98 Å². The molecular formula is C20H14BrN5O4. The topological polar surface area (TPSA) is 111 Å². The highest BCUT2D eigenvalue weighted by Crippen LogP contribution is 2.33. The minimum Gasteiger partial charge on any atom is -0.454 e. The van der Waals surface area contributed by atoms with Crippen LogP contribution in [0.2, 0.25) is 0 Å². The number of hydrogen-bond donors (Lipinski definition) is 2. The van der Waals surface area contributed by atoms with Crippen molar-refractivity contribution in [3.63, 3.8) is 0 Å². The predicted molar refractivity (Wildman–Crippen MR) is 113 cm³/mol. The van der Waals surface area contributed by atoms with E-state index in [1.807, 2.05) is 24.3 Å². The fourth-order valence-electron chi connectivity index (χ4n) is 3.13. The van der Waals surface area contributed by atoms with Crippen molar-refractivity contribution in [3.05, 3.63) is 79.5 Å². The molecule has 30 heavy (non-hydrogen) atoms. The average molecular weight is 468 g/mol. The highest BCUT2D eigenvalue weighted by molar-refractivity contribution is 9.10. The first-order valence-corrected chi connectivity index (χ1v) is 9.78. The Hall–Kier alpha value is -3.66. The number of aromatic nitrogens is 4. The largest absolute Gasteiger partial charge is 0.454 e. The molecule has 0 spiro atoms. The first-order valence-electron chi connectivity index (χ1n) is 8.99. The molecule has 0 unspecified atom stereocenters. The smallest absolute Gasteiger partial charge is 0.334 e. The summed E-state index contributed by atoms with van der Waals surface area (Å²) in [7, 11) is 0. The summed E-state index contributed by atoms with van der Waals surface area (Å²) in [6.07, 6.45) is 1.40. The van der Waals surface area contributed by atoms with Gasteiger partial charge >= 0.3 is 5.69 Å². The molecule has 1 aliphatic rings. The van der Waals surface area contributed by atoms with Gasteiger partial charge in [-0.25, -0.2) is 14.3 Å². The van der Waals surface area contributed by atoms with E-state index in [1.54, 1.807) is 18.2 Å². The van der Waals surface area contributed by atoms with E-state index in [4.69, 9.17) is 9.47 Å². The third-order valence-electron chi connectivity index (χ3n) is 4.63. The van der Waals surface area contributed by atoms with E-state index in [0.29, 0.717) is 29.7 Å². The second-order valence-electron chi connectivity index (χ2n) is 6.54. The highest BCUT2D eigenvalue weighted by atomic mass is 79.9. The molecular weight excluding hydrogens is 454 g/mol. The molecule has 0 bridgehead atoms. The summed E-state index contributed by atoms with van der Waals surface area (Å²) in [4.78, 5) is 36.7. The normalized spacial score (nSPS) is 12.3. The van der Waals surface area contributed by atoms with Gasteiger partial charge < -0.3 is 14.8 Å². The Bertz CT molecular complexity index is 1380. The third-order valence-corrected chi connectivity index (χ3v) is 5.16. The minimum absolute atomic E-state index is 0.103. The number of benzene rings is 2. The molecule has 1 aliphatic heterocycles. The number of rotatable bonds is 4. The molecule has 0 amide bonds. The predicted octanol–water partition coefficient (Wildman–Crippen LogP) is 2.57. The zero-order valence-corrected chi connectivity index (χ0v) is 17.0. The van der Waals surface area contributed by atoms with Crippen LogP contribution in [0.5, 0.6) is 11.5 Å². The standard InChI is InChI=1S/C20H14BrN5O4/c21-12-3-1-11(2-4-12)8-22-19-23-9-14-17(24-19)25-20(28)26(18(14)27)13-5-6-15-16(7-13)30-10-29-15/h1-7,9H,8,10H2,(H2,22,23,24,25,28). The molecule has 2 N–H and O–H groups in total. The summed E-state index contributed by atoms with van der Waals surface area (Å²) in [5, 5.41) is 3.28. The maximum absolute atomic E-state index is 12.9. The van der Waals surface area contributed by atoms with E-state index >= 15 is 0 Å². The number of nitrogens with one attached hydrogen (secondary N) is 2. The maximum Gasteiger partial charge on any atom is 0.334 e. The molecule has 0 aliphatic carbocycles. The number of aromatic amines is 1. The number of anilines is 1. The van der Waals surface area contributed by atoms with Crippen molar-refractivity contribution in [1.29, 1.82) is 0 Å². The Balaban J connectivity index is 1.49. The summed E-state index contributed by atoms with van der Waals surface area (Å²) in [5.41, 5.74) is 0.435. The lowest BCUT2D eigenvalue weighted by molar-refractivity contribution is 0.174. The van der Waals surface area contributed by atoms with Crippen molar-refractivity contribution < 1.29 is 9.47 Å². The monoisotopic (exact) mass is 467 g/mol. The molecule has 2 aromatic heterocycles. The van der Waals surface area contributed by atoms with Crippen molar-refractivity contribution in [2.24, 2.45) is 0 Å². The van der Waals surface area contributed by atoms with Gasteiger partial charge in [-0.3, -0.25) is 9.78 Å². The highest BCUT2D eigenvalue weighted by Gasteiger charge is 2.17. The van der Waals surface area contributed by atoms with Crippen molar-refractivity contribution >= 4 is 32.9 Å². The van der Waals surface area contributed by atoms with E-state index in [-0.39, 0.29) is 17.8 Å². The molecule has 4 aromatic rings. The van der Waals surface area contributed by atoms with E-state index in [2.05, 4.69) is 36.2 Å². The van der Waals surface area contributed by atoms with Crippen molar-refractivity contribution in [2.45, 2.75) is 6.54 Å². The molecule has 5 rings (SSSR count). The van der Waals surface area contributed by atoms with Gasteiger partial charge in [-0.1, -0.05) is 28.1 Å². The van der Waals surface area contributed by atoms with Gasteiger partial charge in [0.2, 0.25) is 12.7 Å². The Morgan fingerprint density at radius 2 is 1.90 bits per heavy atom. The molecule has 0 saturated carbocycles. The first-order chi connectivity index (χ1) is 14.6. The first kappa shape index (κ1) is 18.4. The lowest BCUT2D eigenvalue weighted by atomic mass is 10.2. The van der Waals surface area contributed by atoms with Crippen molar-refractivity contribution in [3.8, 4) is 17.2 Å². The minimum atomic E-state index is -0.607. The average Bonchev–Trinajstić information content (AvgIpc) is 3.21. The van der Waals surface area contributed by atoms with Crippen LogP contribution in [0.3, 0.4) is 0 Å². The van der Waals surface area contributed by atoms with Gasteiger partial charge in [0.25, 0.3) is 5.56 Å². The number of ether oxygens (including phenoxy) is 2. The van der Waals surface area contributed by atoms with Crippen molar-refractivity contribution in [1.82, 2.24) is 19.5 Å². The van der Waals surface area contributed by atoms with Crippen LogP contribution in [0, 0.1) is 0 Å². The summed E-state index contributed by atoms with van der Waals surface area (Å²) in [6.45, 7) is 0.600.